The second-order valence-corrected chi connectivity index (χ2v) is 7.59. The number of carbonyl (C=O) groups is 1. The minimum absolute atomic E-state index is 0.0176. The summed E-state index contributed by atoms with van der Waals surface area (Å²) in [5, 5.41) is 30.3. The molecule has 1 aromatic heterocycles. The van der Waals surface area contributed by atoms with Crippen LogP contribution in [0.5, 0.6) is 5.88 Å². The highest BCUT2D eigenvalue weighted by atomic mass is 32.1. The summed E-state index contributed by atoms with van der Waals surface area (Å²) in [6.07, 6.45) is 2.04. The third-order valence-electron chi connectivity index (χ3n) is 4.10. The van der Waals surface area contributed by atoms with Gasteiger partial charge in [0.05, 0.1) is 15.5 Å². The van der Waals surface area contributed by atoms with Crippen LogP contribution in [0.1, 0.15) is 30.2 Å². The number of aromatic nitrogens is 1. The molecule has 0 aliphatic carbocycles. The minimum Gasteiger partial charge on any atom is -0.493 e. The Kier molecular flexibility index (Phi) is 5.19. The Labute approximate surface area is 162 Å². The second kappa shape index (κ2) is 7.41. The van der Waals surface area contributed by atoms with E-state index in [-0.39, 0.29) is 18.0 Å². The van der Waals surface area contributed by atoms with Crippen LogP contribution in [-0.2, 0) is 11.3 Å². The fourth-order valence-corrected chi connectivity index (χ4v) is 4.10. The monoisotopic (exact) mass is 405 g/mol. The molecule has 0 atom stereocenters. The lowest BCUT2D eigenvalue weighted by Crippen LogP contribution is -2.01. The number of nitrogens with zero attached hydrogens (tertiary/aromatic N) is 3. The lowest BCUT2D eigenvalue weighted by molar-refractivity contribution is -0.384. The van der Waals surface area contributed by atoms with Crippen molar-refractivity contribution in [3.8, 4) is 5.88 Å². The zero-order valence-corrected chi connectivity index (χ0v) is 15.8. The fourth-order valence-electron chi connectivity index (χ4n) is 2.79. The van der Waals surface area contributed by atoms with Gasteiger partial charge in [-0.1, -0.05) is 0 Å². The molecule has 0 saturated carbocycles. The van der Waals surface area contributed by atoms with Gasteiger partial charge in [-0.3, -0.25) is 24.5 Å². The molecule has 1 aromatic carbocycles. The van der Waals surface area contributed by atoms with E-state index in [9.17, 15) is 20.0 Å². The molecule has 140 valence electrons. The summed E-state index contributed by atoms with van der Waals surface area (Å²) in [7, 11) is 0. The highest BCUT2D eigenvalue weighted by molar-refractivity contribution is 7.73. The van der Waals surface area contributed by atoms with Gasteiger partial charge in [0.15, 0.2) is 3.95 Å². The maximum Gasteiger partial charge on any atom is 0.303 e. The van der Waals surface area contributed by atoms with Crippen LogP contribution in [0.15, 0.2) is 23.2 Å². The molecule has 0 spiro atoms. The van der Waals surface area contributed by atoms with E-state index in [1.54, 1.807) is 19.1 Å². The van der Waals surface area contributed by atoms with E-state index in [1.807, 2.05) is 0 Å². The van der Waals surface area contributed by atoms with Crippen molar-refractivity contribution in [1.82, 2.24) is 4.57 Å². The molecule has 0 unspecified atom stereocenters. The summed E-state index contributed by atoms with van der Waals surface area (Å²) >= 11 is 6.46. The maximum atomic E-state index is 11.0. The van der Waals surface area contributed by atoms with Gasteiger partial charge in [-0.05, 0) is 37.7 Å². The largest absolute Gasteiger partial charge is 0.493 e. The van der Waals surface area contributed by atoms with Gasteiger partial charge < -0.3 is 10.2 Å². The SMILES string of the molecule is CC1=Nc2ccc([N+](=O)[O-])cc2C1=Cc1sc(=S)n(CCCC(=O)O)c1O. The number of allylic oxidation sites excluding steroid dienone is 1. The van der Waals surface area contributed by atoms with E-state index >= 15 is 0 Å². The molecule has 0 radical (unpaired) electrons. The van der Waals surface area contributed by atoms with Gasteiger partial charge in [-0.25, -0.2) is 0 Å². The van der Waals surface area contributed by atoms with Crippen molar-refractivity contribution in [2.45, 2.75) is 26.3 Å². The topological polar surface area (TPSA) is 118 Å². The van der Waals surface area contributed by atoms with E-state index in [0.29, 0.717) is 44.3 Å². The molecule has 0 saturated heterocycles. The van der Waals surface area contributed by atoms with Crippen molar-refractivity contribution < 1.29 is 19.9 Å². The standard InChI is InChI=1S/C17H15N3O5S2/c1-9-11(12-7-10(20(24)25)4-5-13(12)18-9)8-14-16(23)19(17(26)27-14)6-2-3-15(21)22/h4-5,7-8,23H,2-3,6H2,1H3,(H,21,22). The first-order valence-electron chi connectivity index (χ1n) is 7.98. The summed E-state index contributed by atoms with van der Waals surface area (Å²) in [5.41, 5.74) is 2.58. The van der Waals surface area contributed by atoms with Crippen molar-refractivity contribution >= 4 is 58.3 Å². The Morgan fingerprint density at radius 2 is 2.22 bits per heavy atom. The van der Waals surface area contributed by atoms with Gasteiger partial charge in [0.25, 0.3) is 5.69 Å². The molecule has 27 heavy (non-hydrogen) atoms. The molecule has 10 heteroatoms. The Morgan fingerprint density at radius 1 is 1.48 bits per heavy atom. The van der Waals surface area contributed by atoms with Crippen LogP contribution in [0.25, 0.3) is 11.6 Å². The number of nitro groups is 1. The second-order valence-electron chi connectivity index (χ2n) is 5.92. The van der Waals surface area contributed by atoms with Crippen LogP contribution in [0.3, 0.4) is 0 Å². The molecule has 0 bridgehead atoms. The Hall–Kier alpha value is -2.85. The average molecular weight is 405 g/mol. The summed E-state index contributed by atoms with van der Waals surface area (Å²) in [6.45, 7) is 2.09. The van der Waals surface area contributed by atoms with Crippen LogP contribution in [0.2, 0.25) is 0 Å². The third kappa shape index (κ3) is 3.81. The zero-order chi connectivity index (χ0) is 19.7. The van der Waals surface area contributed by atoms with Crippen LogP contribution in [0.4, 0.5) is 11.4 Å². The molecular formula is C17H15N3O5S2. The van der Waals surface area contributed by atoms with Gasteiger partial charge in [-0.15, -0.1) is 11.3 Å². The van der Waals surface area contributed by atoms with Crippen LogP contribution in [0, 0.1) is 14.1 Å². The van der Waals surface area contributed by atoms with Crippen LogP contribution < -0.4 is 0 Å². The average Bonchev–Trinajstić information content (AvgIpc) is 3.05. The summed E-state index contributed by atoms with van der Waals surface area (Å²) in [5.74, 6) is -0.954. The Morgan fingerprint density at radius 3 is 2.89 bits per heavy atom. The number of carboxylic acid groups (broad SMARTS) is 1. The number of hydrogen-bond acceptors (Lipinski definition) is 7. The number of thiazole rings is 1. The highest BCUT2D eigenvalue weighted by Gasteiger charge is 2.22. The van der Waals surface area contributed by atoms with E-state index in [1.165, 1.54) is 28.0 Å². The Balaban J connectivity index is 1.98. The van der Waals surface area contributed by atoms with E-state index < -0.39 is 10.9 Å². The number of non-ortho nitro benzene ring substituents is 1. The van der Waals surface area contributed by atoms with Crippen LogP contribution >= 0.6 is 23.6 Å². The van der Waals surface area contributed by atoms with Crippen LogP contribution in [-0.4, -0.2) is 31.4 Å². The summed E-state index contributed by atoms with van der Waals surface area (Å²) in [4.78, 5) is 26.1. The van der Waals surface area contributed by atoms with Gasteiger partial charge in [0.2, 0.25) is 5.88 Å². The van der Waals surface area contributed by atoms with E-state index in [2.05, 4.69) is 4.99 Å². The molecule has 2 N–H and O–H groups in total. The molecule has 0 fully saturated rings. The van der Waals surface area contributed by atoms with Gasteiger partial charge in [0.1, 0.15) is 0 Å². The van der Waals surface area contributed by atoms with Crippen molar-refractivity contribution in [2.75, 3.05) is 0 Å². The quantitative estimate of drug-likeness (QED) is 0.418. The number of nitro benzene ring substituents is 1. The molecule has 8 nitrogen and oxygen atoms in total. The molecule has 2 heterocycles. The number of fused-ring (bicyclic) bond motifs is 1. The van der Waals surface area contributed by atoms with E-state index in [0.717, 1.165) is 0 Å². The van der Waals surface area contributed by atoms with Gasteiger partial charge in [0, 0.05) is 41.9 Å². The fraction of sp³-hybridized carbons (Fsp3) is 0.235. The maximum absolute atomic E-state index is 11.0. The number of aliphatic imine (C=N–C) groups is 1. The molecule has 0 amide bonds. The molecular weight excluding hydrogens is 390 g/mol. The van der Waals surface area contributed by atoms with Crippen molar-refractivity contribution in [2.24, 2.45) is 4.99 Å². The minimum atomic E-state index is -0.908. The number of rotatable bonds is 6. The number of carboxylic acids is 1. The molecule has 1 aliphatic heterocycles. The molecule has 1 aliphatic rings. The first-order chi connectivity index (χ1) is 12.8. The van der Waals surface area contributed by atoms with Crippen molar-refractivity contribution in [3.63, 3.8) is 0 Å². The lowest BCUT2D eigenvalue weighted by Gasteiger charge is -2.04. The summed E-state index contributed by atoms with van der Waals surface area (Å²) < 4.78 is 1.92. The van der Waals surface area contributed by atoms with E-state index in [4.69, 9.17) is 17.3 Å². The van der Waals surface area contributed by atoms with Gasteiger partial charge >= 0.3 is 5.97 Å². The van der Waals surface area contributed by atoms with Crippen molar-refractivity contribution in [1.29, 1.82) is 0 Å². The highest BCUT2D eigenvalue weighted by Crippen LogP contribution is 2.40. The number of aromatic hydroxyl groups is 1. The molecule has 2 aromatic rings. The third-order valence-corrected chi connectivity index (χ3v) is 5.49. The molecule has 3 rings (SSSR count). The predicted octanol–water partition coefficient (Wildman–Crippen LogP) is 4.40. The first kappa shape index (κ1) is 18.9. The number of benzene rings is 1. The lowest BCUT2D eigenvalue weighted by atomic mass is 10.0. The zero-order valence-electron chi connectivity index (χ0n) is 14.2. The number of aliphatic carboxylic acids is 1. The first-order valence-corrected chi connectivity index (χ1v) is 9.21. The van der Waals surface area contributed by atoms with Crippen molar-refractivity contribution in [3.05, 3.63) is 42.7 Å². The summed E-state index contributed by atoms with van der Waals surface area (Å²) in [6, 6.07) is 4.46. The Bertz CT molecular complexity index is 1070. The van der Waals surface area contributed by atoms with Gasteiger partial charge in [-0.2, -0.15) is 0 Å². The number of hydrogen-bond donors (Lipinski definition) is 2. The predicted molar refractivity (Wildman–Crippen MR) is 105 cm³/mol. The normalized spacial score (nSPS) is 14.3. The smallest absolute Gasteiger partial charge is 0.303 e.